The molecule has 4 heteroatoms. The highest BCUT2D eigenvalue weighted by atomic mass is 35.5. The highest BCUT2D eigenvalue weighted by Crippen LogP contribution is 2.41. The fourth-order valence-corrected chi connectivity index (χ4v) is 3.28. The van der Waals surface area contributed by atoms with E-state index in [-0.39, 0.29) is 11.4 Å². The van der Waals surface area contributed by atoms with Gasteiger partial charge in [-0.25, -0.2) is 0 Å². The molecular weight excluding hydrogens is 322 g/mol. The van der Waals surface area contributed by atoms with Crippen LogP contribution in [-0.2, 0) is 16.8 Å². The number of hydrogen-bond acceptors (Lipinski definition) is 2. The van der Waals surface area contributed by atoms with Crippen molar-refractivity contribution in [3.63, 3.8) is 0 Å². The lowest BCUT2D eigenvalue weighted by Crippen LogP contribution is -2.51. The van der Waals surface area contributed by atoms with Crippen LogP contribution in [0, 0.1) is 0 Å². The van der Waals surface area contributed by atoms with E-state index in [1.165, 1.54) is 0 Å². The smallest absolute Gasteiger partial charge is 0.225 e. The van der Waals surface area contributed by atoms with Crippen LogP contribution in [-0.4, -0.2) is 12.5 Å². The zero-order valence-corrected chi connectivity index (χ0v) is 14.6. The number of halogens is 1. The third-order valence-electron chi connectivity index (χ3n) is 4.58. The van der Waals surface area contributed by atoms with Crippen LogP contribution in [0.15, 0.2) is 48.5 Å². The lowest BCUT2D eigenvalue weighted by molar-refractivity contribution is -0.123. The van der Waals surface area contributed by atoms with E-state index in [0.717, 1.165) is 36.1 Å². The Hall–Kier alpha value is -2.00. The molecule has 1 aliphatic carbocycles. The first-order chi connectivity index (χ1) is 11.6. The molecule has 0 spiro atoms. The van der Waals surface area contributed by atoms with Crippen LogP contribution in [0.4, 0.5) is 0 Å². The Kier molecular flexibility index (Phi) is 5.10. The van der Waals surface area contributed by atoms with E-state index in [4.69, 9.17) is 16.3 Å². The third-order valence-corrected chi connectivity index (χ3v) is 4.83. The zero-order chi connectivity index (χ0) is 17.0. The molecule has 2 aromatic rings. The summed E-state index contributed by atoms with van der Waals surface area (Å²) in [5.74, 6) is 0.882. The number of hydrogen-bond donors (Lipinski definition) is 1. The molecule has 1 fully saturated rings. The second kappa shape index (κ2) is 7.27. The van der Waals surface area contributed by atoms with Crippen LogP contribution < -0.4 is 10.1 Å². The van der Waals surface area contributed by atoms with Gasteiger partial charge < -0.3 is 10.1 Å². The average molecular weight is 344 g/mol. The number of rotatable bonds is 6. The topological polar surface area (TPSA) is 38.3 Å². The Morgan fingerprint density at radius 1 is 1.12 bits per heavy atom. The molecule has 1 saturated carbocycles. The Morgan fingerprint density at radius 2 is 1.79 bits per heavy atom. The molecule has 1 aliphatic rings. The van der Waals surface area contributed by atoms with Crippen molar-refractivity contribution in [2.45, 2.75) is 38.1 Å². The van der Waals surface area contributed by atoms with Gasteiger partial charge >= 0.3 is 0 Å². The number of amides is 1. The molecule has 3 nitrogen and oxygen atoms in total. The van der Waals surface area contributed by atoms with Crippen LogP contribution in [0.5, 0.6) is 5.75 Å². The van der Waals surface area contributed by atoms with Crippen LogP contribution in [0.25, 0.3) is 0 Å². The Bertz CT molecular complexity index is 691. The van der Waals surface area contributed by atoms with Gasteiger partial charge in [0.15, 0.2) is 0 Å². The van der Waals surface area contributed by atoms with Gasteiger partial charge in [-0.2, -0.15) is 0 Å². The molecule has 24 heavy (non-hydrogen) atoms. The quantitative estimate of drug-likeness (QED) is 0.840. The largest absolute Gasteiger partial charge is 0.494 e. The van der Waals surface area contributed by atoms with Crippen molar-refractivity contribution in [3.8, 4) is 5.75 Å². The van der Waals surface area contributed by atoms with Gasteiger partial charge in [-0.05, 0) is 61.6 Å². The summed E-state index contributed by atoms with van der Waals surface area (Å²) in [6.07, 6.45) is 3.46. The maximum atomic E-state index is 12.5. The van der Waals surface area contributed by atoms with E-state index >= 15 is 0 Å². The Balaban J connectivity index is 1.65. The molecule has 126 valence electrons. The van der Waals surface area contributed by atoms with Gasteiger partial charge in [0, 0.05) is 5.02 Å². The van der Waals surface area contributed by atoms with Gasteiger partial charge in [-0.15, -0.1) is 0 Å². The number of nitrogens with one attached hydrogen (secondary N) is 1. The van der Waals surface area contributed by atoms with Crippen molar-refractivity contribution in [2.75, 3.05) is 6.61 Å². The van der Waals surface area contributed by atoms with Crippen molar-refractivity contribution in [1.29, 1.82) is 0 Å². The Morgan fingerprint density at radius 3 is 2.33 bits per heavy atom. The number of benzene rings is 2. The van der Waals surface area contributed by atoms with Gasteiger partial charge in [-0.3, -0.25) is 4.79 Å². The molecular formula is C20H22ClNO2. The molecule has 0 atom stereocenters. The maximum absolute atomic E-state index is 12.5. The van der Waals surface area contributed by atoms with Gasteiger partial charge in [0.2, 0.25) is 5.91 Å². The summed E-state index contributed by atoms with van der Waals surface area (Å²) < 4.78 is 5.43. The summed E-state index contributed by atoms with van der Waals surface area (Å²) in [6, 6.07) is 15.5. The lowest BCUT2D eigenvalue weighted by atomic mass is 9.71. The number of ether oxygens (including phenoxy) is 1. The highest BCUT2D eigenvalue weighted by molar-refractivity contribution is 6.30. The average Bonchev–Trinajstić information content (AvgIpc) is 2.54. The van der Waals surface area contributed by atoms with Gasteiger partial charge in [0.05, 0.1) is 18.6 Å². The van der Waals surface area contributed by atoms with E-state index in [1.54, 1.807) is 0 Å². The van der Waals surface area contributed by atoms with E-state index < -0.39 is 0 Å². The summed E-state index contributed by atoms with van der Waals surface area (Å²) >= 11 is 5.97. The van der Waals surface area contributed by atoms with Gasteiger partial charge in [0.1, 0.15) is 5.75 Å². The standard InChI is InChI=1S/C20H22ClNO2/c1-2-24-18-10-4-15(5-11-18)14-19(23)22-20(12-3-13-20)16-6-8-17(21)9-7-16/h4-11H,2-3,12-14H2,1H3,(H,22,23). The Labute approximate surface area is 148 Å². The summed E-state index contributed by atoms with van der Waals surface area (Å²) in [4.78, 5) is 12.5. The van der Waals surface area contributed by atoms with Crippen molar-refractivity contribution in [1.82, 2.24) is 5.32 Å². The lowest BCUT2D eigenvalue weighted by Gasteiger charge is -2.43. The fourth-order valence-electron chi connectivity index (χ4n) is 3.15. The van der Waals surface area contributed by atoms with E-state index in [0.29, 0.717) is 18.1 Å². The highest BCUT2D eigenvalue weighted by Gasteiger charge is 2.39. The molecule has 2 aromatic carbocycles. The zero-order valence-electron chi connectivity index (χ0n) is 13.8. The number of carbonyl (C=O) groups is 1. The van der Waals surface area contributed by atoms with Crippen molar-refractivity contribution in [3.05, 3.63) is 64.7 Å². The maximum Gasteiger partial charge on any atom is 0.225 e. The van der Waals surface area contributed by atoms with Crippen molar-refractivity contribution >= 4 is 17.5 Å². The molecule has 0 bridgehead atoms. The van der Waals surface area contributed by atoms with Crippen LogP contribution >= 0.6 is 11.6 Å². The molecule has 0 unspecified atom stereocenters. The van der Waals surface area contributed by atoms with Crippen molar-refractivity contribution in [2.24, 2.45) is 0 Å². The molecule has 0 radical (unpaired) electrons. The minimum atomic E-state index is -0.229. The molecule has 1 N–H and O–H groups in total. The fraction of sp³-hybridized carbons (Fsp3) is 0.350. The molecule has 3 rings (SSSR count). The predicted octanol–water partition coefficient (Wildman–Crippen LogP) is 4.48. The first-order valence-corrected chi connectivity index (χ1v) is 8.78. The molecule has 0 saturated heterocycles. The molecule has 0 heterocycles. The minimum Gasteiger partial charge on any atom is -0.494 e. The summed E-state index contributed by atoms with van der Waals surface area (Å²) in [7, 11) is 0. The SMILES string of the molecule is CCOc1ccc(CC(=O)NC2(c3ccc(Cl)cc3)CCC2)cc1. The number of carbonyl (C=O) groups excluding carboxylic acids is 1. The summed E-state index contributed by atoms with van der Waals surface area (Å²) in [6.45, 7) is 2.60. The van der Waals surface area contributed by atoms with Crippen LogP contribution in [0.3, 0.4) is 0 Å². The molecule has 0 aromatic heterocycles. The third kappa shape index (κ3) is 3.73. The van der Waals surface area contributed by atoms with E-state index in [2.05, 4.69) is 5.32 Å². The molecule has 0 aliphatic heterocycles. The summed E-state index contributed by atoms with van der Waals surface area (Å²) in [5, 5.41) is 3.96. The molecule has 1 amide bonds. The summed E-state index contributed by atoms with van der Waals surface area (Å²) in [5.41, 5.74) is 1.90. The first-order valence-electron chi connectivity index (χ1n) is 8.40. The van der Waals surface area contributed by atoms with Crippen LogP contribution in [0.2, 0.25) is 5.02 Å². The normalized spacial score (nSPS) is 15.4. The first kappa shape index (κ1) is 16.8. The van der Waals surface area contributed by atoms with E-state index in [9.17, 15) is 4.79 Å². The monoisotopic (exact) mass is 343 g/mol. The second-order valence-corrected chi connectivity index (χ2v) is 6.68. The predicted molar refractivity (Wildman–Crippen MR) is 96.4 cm³/mol. The van der Waals surface area contributed by atoms with Crippen molar-refractivity contribution < 1.29 is 9.53 Å². The van der Waals surface area contributed by atoms with Gasteiger partial charge in [-0.1, -0.05) is 35.9 Å². The second-order valence-electron chi connectivity index (χ2n) is 6.24. The van der Waals surface area contributed by atoms with Crippen LogP contribution in [0.1, 0.15) is 37.3 Å². The van der Waals surface area contributed by atoms with E-state index in [1.807, 2.05) is 55.5 Å². The minimum absolute atomic E-state index is 0.0498. The van der Waals surface area contributed by atoms with Gasteiger partial charge in [0.25, 0.3) is 0 Å².